The first-order valence-corrected chi connectivity index (χ1v) is 7.09. The van der Waals surface area contributed by atoms with Gasteiger partial charge in [-0.3, -0.25) is 4.98 Å². The summed E-state index contributed by atoms with van der Waals surface area (Å²) in [5, 5.41) is 10.1. The van der Waals surface area contributed by atoms with Crippen molar-refractivity contribution in [1.82, 2.24) is 9.88 Å². The first-order chi connectivity index (χ1) is 10.0. The Hall–Kier alpha value is -1.78. The Bertz CT molecular complexity index is 571. The van der Waals surface area contributed by atoms with Crippen LogP contribution in [0.2, 0.25) is 0 Å². The summed E-state index contributed by atoms with van der Waals surface area (Å²) in [5.74, 6) is -0.284. The molecule has 1 atom stereocenters. The second-order valence-electron chi connectivity index (χ2n) is 5.36. The van der Waals surface area contributed by atoms with Gasteiger partial charge in [0.15, 0.2) is 0 Å². The molecule has 1 aromatic carbocycles. The van der Waals surface area contributed by atoms with Crippen LogP contribution in [0.15, 0.2) is 42.5 Å². The highest BCUT2D eigenvalue weighted by Crippen LogP contribution is 2.17. The molecular formula is C17H21FN2O. The summed E-state index contributed by atoms with van der Waals surface area (Å²) in [4.78, 5) is 6.58. The highest BCUT2D eigenvalue weighted by molar-refractivity contribution is 5.18. The lowest BCUT2D eigenvalue weighted by atomic mass is 10.1. The number of aliphatic hydroxyl groups excluding tert-OH is 1. The molecule has 21 heavy (non-hydrogen) atoms. The number of nitrogens with zero attached hydrogens (tertiary/aromatic N) is 2. The zero-order valence-electron chi connectivity index (χ0n) is 12.5. The number of benzene rings is 1. The molecule has 1 N–H and O–H groups in total. The maximum Gasteiger partial charge on any atom is 0.123 e. The van der Waals surface area contributed by atoms with E-state index in [1.807, 2.05) is 32.2 Å². The largest absolute Gasteiger partial charge is 0.388 e. The summed E-state index contributed by atoms with van der Waals surface area (Å²) in [6.45, 7) is 3.47. The fraction of sp³-hybridized carbons (Fsp3) is 0.353. The highest BCUT2D eigenvalue weighted by atomic mass is 19.1. The average Bonchev–Trinajstić information content (AvgIpc) is 2.45. The van der Waals surface area contributed by atoms with Gasteiger partial charge < -0.3 is 10.0 Å². The van der Waals surface area contributed by atoms with Crippen LogP contribution >= 0.6 is 0 Å². The first kappa shape index (κ1) is 15.6. The summed E-state index contributed by atoms with van der Waals surface area (Å²) in [6.07, 6.45) is 0.0343. The van der Waals surface area contributed by atoms with Crippen molar-refractivity contribution in [3.05, 3.63) is 65.2 Å². The minimum atomic E-state index is -0.571. The van der Waals surface area contributed by atoms with Crippen molar-refractivity contribution in [2.75, 3.05) is 13.6 Å². The molecule has 4 heteroatoms. The lowest BCUT2D eigenvalue weighted by molar-refractivity contribution is 0.147. The van der Waals surface area contributed by atoms with E-state index in [1.54, 1.807) is 12.1 Å². The van der Waals surface area contributed by atoms with Crippen molar-refractivity contribution < 1.29 is 9.50 Å². The van der Waals surface area contributed by atoms with Crippen molar-refractivity contribution in [2.45, 2.75) is 26.0 Å². The Kier molecular flexibility index (Phi) is 5.42. The maximum atomic E-state index is 12.8. The van der Waals surface area contributed by atoms with E-state index < -0.39 is 6.10 Å². The van der Waals surface area contributed by atoms with Gasteiger partial charge >= 0.3 is 0 Å². The van der Waals surface area contributed by atoms with Crippen LogP contribution in [0, 0.1) is 12.7 Å². The molecule has 0 spiro atoms. The molecule has 3 nitrogen and oxygen atoms in total. The van der Waals surface area contributed by atoms with Crippen molar-refractivity contribution in [3.8, 4) is 0 Å². The number of aryl methyl sites for hydroxylation is 1. The molecule has 0 radical (unpaired) electrons. The van der Waals surface area contributed by atoms with Gasteiger partial charge in [-0.1, -0.05) is 18.2 Å². The summed E-state index contributed by atoms with van der Waals surface area (Å²) < 4.78 is 12.8. The summed E-state index contributed by atoms with van der Waals surface area (Å²) in [7, 11) is 2.00. The third-order valence-electron chi connectivity index (χ3n) is 3.42. The van der Waals surface area contributed by atoms with E-state index in [4.69, 9.17) is 0 Å². The predicted molar refractivity (Wildman–Crippen MR) is 81.3 cm³/mol. The van der Waals surface area contributed by atoms with E-state index in [9.17, 15) is 9.50 Å². The number of halogens is 1. The van der Waals surface area contributed by atoms with E-state index in [-0.39, 0.29) is 5.82 Å². The Morgan fingerprint density at radius 2 is 1.90 bits per heavy atom. The summed E-state index contributed by atoms with van der Waals surface area (Å²) in [5.41, 5.74) is 2.78. The normalized spacial score (nSPS) is 12.6. The Morgan fingerprint density at radius 1 is 1.19 bits per heavy atom. The highest BCUT2D eigenvalue weighted by Gasteiger charge is 2.09. The maximum absolute atomic E-state index is 12.8. The number of hydrogen-bond donors (Lipinski definition) is 1. The molecule has 0 aliphatic rings. The van der Waals surface area contributed by atoms with Crippen LogP contribution in [0.25, 0.3) is 0 Å². The van der Waals surface area contributed by atoms with Crippen molar-refractivity contribution in [3.63, 3.8) is 0 Å². The molecule has 0 aliphatic heterocycles. The molecule has 0 amide bonds. The van der Waals surface area contributed by atoms with E-state index in [1.165, 1.54) is 12.1 Å². The second-order valence-corrected chi connectivity index (χ2v) is 5.36. The van der Waals surface area contributed by atoms with Gasteiger partial charge in [-0.15, -0.1) is 0 Å². The van der Waals surface area contributed by atoms with Crippen molar-refractivity contribution in [1.29, 1.82) is 0 Å². The Labute approximate surface area is 125 Å². The Morgan fingerprint density at radius 3 is 2.57 bits per heavy atom. The minimum absolute atomic E-state index is 0.284. The summed E-state index contributed by atoms with van der Waals surface area (Å²) >= 11 is 0. The van der Waals surface area contributed by atoms with E-state index in [2.05, 4.69) is 9.88 Å². The lowest BCUT2D eigenvalue weighted by Gasteiger charge is -2.19. The summed E-state index contributed by atoms with van der Waals surface area (Å²) in [6, 6.07) is 12.0. The smallest absolute Gasteiger partial charge is 0.123 e. The quantitative estimate of drug-likeness (QED) is 0.887. The monoisotopic (exact) mass is 288 g/mol. The number of hydrogen-bond acceptors (Lipinski definition) is 3. The fourth-order valence-corrected chi connectivity index (χ4v) is 2.24. The van der Waals surface area contributed by atoms with Gasteiger partial charge in [-0.25, -0.2) is 4.39 Å². The van der Waals surface area contributed by atoms with Crippen molar-refractivity contribution in [2.24, 2.45) is 0 Å². The molecule has 0 saturated carbocycles. The molecule has 0 aliphatic carbocycles. The molecule has 0 bridgehead atoms. The van der Waals surface area contributed by atoms with E-state index >= 15 is 0 Å². The van der Waals surface area contributed by atoms with Crippen LogP contribution in [0.4, 0.5) is 4.39 Å². The molecule has 0 saturated heterocycles. The van der Waals surface area contributed by atoms with Gasteiger partial charge in [0.2, 0.25) is 0 Å². The van der Waals surface area contributed by atoms with Gasteiger partial charge in [0.1, 0.15) is 5.82 Å². The van der Waals surface area contributed by atoms with Gasteiger partial charge in [-0.2, -0.15) is 0 Å². The first-order valence-electron chi connectivity index (χ1n) is 7.09. The predicted octanol–water partition coefficient (Wildman–Crippen LogP) is 3.08. The third-order valence-corrected chi connectivity index (χ3v) is 3.42. The van der Waals surface area contributed by atoms with Gasteiger partial charge in [-0.05, 0) is 50.2 Å². The molecule has 1 unspecified atom stereocenters. The SMILES string of the molecule is Cc1cccc(CN(C)CCC(O)c2ccc(F)cc2)n1. The van der Waals surface area contributed by atoms with Gasteiger partial charge in [0, 0.05) is 18.8 Å². The molecule has 112 valence electrons. The zero-order valence-corrected chi connectivity index (χ0v) is 12.5. The molecule has 2 aromatic rings. The topological polar surface area (TPSA) is 36.4 Å². The molecule has 1 heterocycles. The van der Waals surface area contributed by atoms with Crippen LogP contribution in [-0.2, 0) is 6.54 Å². The second kappa shape index (κ2) is 7.29. The number of rotatable bonds is 6. The van der Waals surface area contributed by atoms with E-state index in [0.717, 1.165) is 30.0 Å². The van der Waals surface area contributed by atoms with Crippen LogP contribution in [0.3, 0.4) is 0 Å². The van der Waals surface area contributed by atoms with Gasteiger partial charge in [0.25, 0.3) is 0 Å². The molecular weight excluding hydrogens is 267 g/mol. The number of pyridine rings is 1. The Balaban J connectivity index is 1.83. The third kappa shape index (κ3) is 4.92. The average molecular weight is 288 g/mol. The lowest BCUT2D eigenvalue weighted by Crippen LogP contribution is -2.21. The van der Waals surface area contributed by atoms with Crippen LogP contribution in [0.1, 0.15) is 29.5 Å². The van der Waals surface area contributed by atoms with E-state index in [0.29, 0.717) is 6.42 Å². The van der Waals surface area contributed by atoms with Crippen molar-refractivity contribution >= 4 is 0 Å². The fourth-order valence-electron chi connectivity index (χ4n) is 2.24. The van der Waals surface area contributed by atoms with Crippen LogP contribution in [0.5, 0.6) is 0 Å². The minimum Gasteiger partial charge on any atom is -0.388 e. The zero-order chi connectivity index (χ0) is 15.2. The standard InChI is InChI=1S/C17H21FN2O/c1-13-4-3-5-16(19-13)12-20(2)11-10-17(21)14-6-8-15(18)9-7-14/h3-9,17,21H,10-12H2,1-2H3. The number of aliphatic hydroxyl groups is 1. The van der Waals surface area contributed by atoms with Crippen LogP contribution in [-0.4, -0.2) is 28.6 Å². The molecule has 0 fully saturated rings. The van der Waals surface area contributed by atoms with Crippen LogP contribution < -0.4 is 0 Å². The molecule has 1 aromatic heterocycles. The number of aromatic nitrogens is 1. The van der Waals surface area contributed by atoms with Gasteiger partial charge in [0.05, 0.1) is 11.8 Å². The molecule has 2 rings (SSSR count).